The Balaban J connectivity index is 2.34. The molecule has 0 N–H and O–H groups in total. The van der Waals surface area contributed by atoms with Crippen molar-refractivity contribution in [2.75, 3.05) is 6.61 Å². The van der Waals surface area contributed by atoms with Gasteiger partial charge >= 0.3 is 5.97 Å². The van der Waals surface area contributed by atoms with Gasteiger partial charge in [0.25, 0.3) is 0 Å². The van der Waals surface area contributed by atoms with Crippen LogP contribution in [0.3, 0.4) is 0 Å². The van der Waals surface area contributed by atoms with E-state index in [1.807, 2.05) is 28.8 Å². The number of imidazole rings is 1. The van der Waals surface area contributed by atoms with Crippen molar-refractivity contribution >= 4 is 27.4 Å². The van der Waals surface area contributed by atoms with Gasteiger partial charge in [0.1, 0.15) is 16.8 Å². The lowest BCUT2D eigenvalue weighted by Crippen LogP contribution is -2.10. The molecule has 2 aromatic rings. The van der Waals surface area contributed by atoms with E-state index in [1.54, 1.807) is 6.92 Å². The maximum atomic E-state index is 11.4. The van der Waals surface area contributed by atoms with Crippen molar-refractivity contribution in [1.82, 2.24) is 9.38 Å². The predicted molar refractivity (Wildman–Crippen MR) is 63.2 cm³/mol. The summed E-state index contributed by atoms with van der Waals surface area (Å²) in [6, 6.07) is 5.76. The molecule has 0 aromatic carbocycles. The Hall–Kier alpha value is -1.36. The largest absolute Gasteiger partial charge is 0.466 e. The van der Waals surface area contributed by atoms with Crippen LogP contribution >= 0.6 is 15.9 Å². The van der Waals surface area contributed by atoms with Crippen LogP contribution < -0.4 is 0 Å². The van der Waals surface area contributed by atoms with Crippen molar-refractivity contribution in [3.63, 3.8) is 0 Å². The van der Waals surface area contributed by atoms with E-state index in [0.29, 0.717) is 12.4 Å². The number of aromatic nitrogens is 2. The molecule has 0 unspecified atom stereocenters. The average Bonchev–Trinajstić information content (AvgIpc) is 2.57. The highest BCUT2D eigenvalue weighted by atomic mass is 79.9. The molecule has 5 heteroatoms. The average molecular weight is 283 g/mol. The van der Waals surface area contributed by atoms with Crippen LogP contribution in [0.1, 0.15) is 12.7 Å². The monoisotopic (exact) mass is 282 g/mol. The van der Waals surface area contributed by atoms with Crippen LogP contribution in [0.4, 0.5) is 0 Å². The molecule has 0 bridgehead atoms. The minimum Gasteiger partial charge on any atom is -0.466 e. The fraction of sp³-hybridized carbons (Fsp3) is 0.273. The highest BCUT2D eigenvalue weighted by Crippen LogP contribution is 2.18. The van der Waals surface area contributed by atoms with Gasteiger partial charge < -0.3 is 9.14 Å². The SMILES string of the molecule is CCOC(=O)Cc1nc(Br)c2ccccn12. The summed E-state index contributed by atoms with van der Waals surface area (Å²) in [6.45, 7) is 2.18. The molecule has 0 fully saturated rings. The Morgan fingerprint density at radius 3 is 3.12 bits per heavy atom. The van der Waals surface area contributed by atoms with Gasteiger partial charge in [-0.2, -0.15) is 0 Å². The van der Waals surface area contributed by atoms with Crippen molar-refractivity contribution in [3.8, 4) is 0 Å². The molecule has 2 rings (SSSR count). The molecule has 0 spiro atoms. The maximum Gasteiger partial charge on any atom is 0.313 e. The fourth-order valence-electron chi connectivity index (χ4n) is 1.53. The van der Waals surface area contributed by atoms with Gasteiger partial charge in [0.2, 0.25) is 0 Å². The van der Waals surface area contributed by atoms with Crippen molar-refractivity contribution in [1.29, 1.82) is 0 Å². The van der Waals surface area contributed by atoms with Crippen molar-refractivity contribution in [2.24, 2.45) is 0 Å². The van der Waals surface area contributed by atoms with Gasteiger partial charge in [-0.15, -0.1) is 0 Å². The molecule has 0 radical (unpaired) electrons. The first-order valence-corrected chi connectivity index (χ1v) is 5.78. The third-order valence-electron chi connectivity index (χ3n) is 2.18. The fourth-order valence-corrected chi connectivity index (χ4v) is 2.05. The Morgan fingerprint density at radius 2 is 2.38 bits per heavy atom. The predicted octanol–water partition coefficient (Wildman–Crippen LogP) is 2.20. The van der Waals surface area contributed by atoms with Gasteiger partial charge in [-0.05, 0) is 35.0 Å². The molecule has 4 nitrogen and oxygen atoms in total. The standard InChI is InChI=1S/C11H11BrN2O2/c1-2-16-10(15)7-9-13-11(12)8-5-3-4-6-14(8)9/h3-6H,2,7H2,1H3. The highest BCUT2D eigenvalue weighted by molar-refractivity contribution is 9.10. The van der Waals surface area contributed by atoms with E-state index in [2.05, 4.69) is 20.9 Å². The van der Waals surface area contributed by atoms with Crippen LogP contribution in [0.25, 0.3) is 5.52 Å². The van der Waals surface area contributed by atoms with Crippen molar-refractivity contribution in [3.05, 3.63) is 34.8 Å². The van der Waals surface area contributed by atoms with Crippen molar-refractivity contribution < 1.29 is 9.53 Å². The van der Waals surface area contributed by atoms with E-state index in [-0.39, 0.29) is 12.4 Å². The van der Waals surface area contributed by atoms with Crippen LogP contribution in [-0.4, -0.2) is 22.0 Å². The third-order valence-corrected chi connectivity index (χ3v) is 2.77. The first-order chi connectivity index (χ1) is 7.72. The zero-order valence-corrected chi connectivity index (χ0v) is 10.4. The highest BCUT2D eigenvalue weighted by Gasteiger charge is 2.12. The van der Waals surface area contributed by atoms with Gasteiger partial charge in [-0.25, -0.2) is 4.98 Å². The van der Waals surface area contributed by atoms with E-state index in [1.165, 1.54) is 0 Å². The zero-order chi connectivity index (χ0) is 11.5. The van der Waals surface area contributed by atoms with E-state index in [0.717, 1.165) is 10.1 Å². The smallest absolute Gasteiger partial charge is 0.313 e. The molecular weight excluding hydrogens is 272 g/mol. The molecule has 0 aliphatic rings. The summed E-state index contributed by atoms with van der Waals surface area (Å²) in [4.78, 5) is 15.7. The number of carbonyl (C=O) groups excluding carboxylic acids is 1. The lowest BCUT2D eigenvalue weighted by atomic mass is 10.4. The topological polar surface area (TPSA) is 43.6 Å². The molecule has 2 aromatic heterocycles. The van der Waals surface area contributed by atoms with Crippen LogP contribution in [0.5, 0.6) is 0 Å². The molecule has 0 aliphatic heterocycles. The number of hydrogen-bond acceptors (Lipinski definition) is 3. The molecule has 0 aliphatic carbocycles. The molecule has 84 valence electrons. The molecular formula is C11H11BrN2O2. The molecule has 0 amide bonds. The molecule has 0 saturated carbocycles. The summed E-state index contributed by atoms with van der Waals surface area (Å²) < 4.78 is 7.52. The number of nitrogens with zero attached hydrogens (tertiary/aromatic N) is 2. The third kappa shape index (κ3) is 2.09. The second-order valence-electron chi connectivity index (χ2n) is 3.26. The van der Waals surface area contributed by atoms with E-state index in [4.69, 9.17) is 4.74 Å². The lowest BCUT2D eigenvalue weighted by molar-refractivity contribution is -0.142. The Kier molecular flexibility index (Phi) is 3.24. The normalized spacial score (nSPS) is 10.6. The van der Waals surface area contributed by atoms with Crippen LogP contribution in [0.2, 0.25) is 0 Å². The maximum absolute atomic E-state index is 11.4. The first kappa shape index (κ1) is 11.1. The number of ether oxygens (including phenoxy) is 1. The summed E-state index contributed by atoms with van der Waals surface area (Å²) in [5.41, 5.74) is 0.946. The van der Waals surface area contributed by atoms with Gasteiger partial charge in [0.15, 0.2) is 0 Å². The molecule has 0 atom stereocenters. The minimum absolute atomic E-state index is 0.185. The van der Waals surface area contributed by atoms with E-state index in [9.17, 15) is 4.79 Å². The molecule has 0 saturated heterocycles. The number of rotatable bonds is 3. The van der Waals surface area contributed by atoms with Crippen LogP contribution in [0, 0.1) is 0 Å². The number of carbonyl (C=O) groups is 1. The van der Waals surface area contributed by atoms with Crippen LogP contribution in [-0.2, 0) is 16.0 Å². The number of fused-ring (bicyclic) bond motifs is 1. The molecule has 16 heavy (non-hydrogen) atoms. The number of esters is 1. The van der Waals surface area contributed by atoms with Crippen molar-refractivity contribution in [2.45, 2.75) is 13.3 Å². The summed E-state index contributed by atoms with van der Waals surface area (Å²) >= 11 is 3.36. The van der Waals surface area contributed by atoms with Crippen LogP contribution in [0.15, 0.2) is 29.0 Å². The zero-order valence-electron chi connectivity index (χ0n) is 8.81. The lowest BCUT2D eigenvalue weighted by Gasteiger charge is -2.01. The number of hydrogen-bond donors (Lipinski definition) is 0. The Labute approximate surface area is 101 Å². The second kappa shape index (κ2) is 4.65. The van der Waals surface area contributed by atoms with Gasteiger partial charge in [-0.1, -0.05) is 6.07 Å². The van der Waals surface area contributed by atoms with Gasteiger partial charge in [0.05, 0.1) is 12.1 Å². The van der Waals surface area contributed by atoms with Gasteiger partial charge in [0, 0.05) is 6.20 Å². The number of halogens is 1. The Morgan fingerprint density at radius 1 is 1.56 bits per heavy atom. The van der Waals surface area contributed by atoms with Gasteiger partial charge in [-0.3, -0.25) is 4.79 Å². The summed E-state index contributed by atoms with van der Waals surface area (Å²) in [6.07, 6.45) is 2.06. The van der Waals surface area contributed by atoms with E-state index < -0.39 is 0 Å². The quantitative estimate of drug-likeness (QED) is 0.811. The summed E-state index contributed by atoms with van der Waals surface area (Å²) in [5, 5.41) is 0. The van der Waals surface area contributed by atoms with E-state index >= 15 is 0 Å². The Bertz CT molecular complexity index is 522. The first-order valence-electron chi connectivity index (χ1n) is 4.99. The molecule has 2 heterocycles. The minimum atomic E-state index is -0.259. The second-order valence-corrected chi connectivity index (χ2v) is 4.01. The summed E-state index contributed by atoms with van der Waals surface area (Å²) in [5.74, 6) is 0.423. The summed E-state index contributed by atoms with van der Waals surface area (Å²) in [7, 11) is 0. The number of pyridine rings is 1.